The van der Waals surface area contributed by atoms with Crippen LogP contribution in [0.5, 0.6) is 0 Å². The van der Waals surface area contributed by atoms with Gasteiger partial charge in [-0.2, -0.15) is 5.26 Å². The zero-order valence-corrected chi connectivity index (χ0v) is 17.8. The normalized spacial score (nSPS) is 12.8. The van der Waals surface area contributed by atoms with E-state index in [0.717, 1.165) is 16.0 Å². The average molecular weight is 446 g/mol. The number of ether oxygens (including phenoxy) is 1. The van der Waals surface area contributed by atoms with Gasteiger partial charge in [-0.25, -0.2) is 4.79 Å². The van der Waals surface area contributed by atoms with E-state index < -0.39 is 6.09 Å². The number of thiophene rings is 1. The molecule has 0 saturated carbocycles. The molecule has 0 spiro atoms. The van der Waals surface area contributed by atoms with E-state index in [0.29, 0.717) is 35.8 Å². The lowest BCUT2D eigenvalue weighted by molar-refractivity contribution is -0.111. The Morgan fingerprint density at radius 1 is 1.28 bits per heavy atom. The van der Waals surface area contributed by atoms with Crippen LogP contribution in [0.25, 0.3) is 6.08 Å². The second-order valence-corrected chi connectivity index (χ2v) is 8.08. The van der Waals surface area contributed by atoms with Gasteiger partial charge >= 0.3 is 6.09 Å². The maximum atomic E-state index is 12.5. The number of nitriles is 1. The summed E-state index contributed by atoms with van der Waals surface area (Å²) in [5, 5.41) is 12.9. The summed E-state index contributed by atoms with van der Waals surface area (Å²) in [6.07, 6.45) is 8.10. The molecule has 1 N–H and O–H groups in total. The minimum absolute atomic E-state index is 0.0987. The van der Waals surface area contributed by atoms with Crippen LogP contribution in [0.15, 0.2) is 55.0 Å². The van der Waals surface area contributed by atoms with Crippen LogP contribution in [0, 0.1) is 11.3 Å². The Bertz CT molecular complexity index is 1190. The van der Waals surface area contributed by atoms with Gasteiger partial charge in [-0.05, 0) is 41.8 Å². The summed E-state index contributed by atoms with van der Waals surface area (Å²) in [6, 6.07) is 11.2. The molecule has 0 saturated heterocycles. The molecular formula is C23H19N5O3S. The lowest BCUT2D eigenvalue weighted by atomic mass is 10.0. The predicted octanol–water partition coefficient (Wildman–Crippen LogP) is 3.76. The van der Waals surface area contributed by atoms with Crippen LogP contribution in [0.1, 0.15) is 27.3 Å². The first-order valence-electron chi connectivity index (χ1n) is 9.89. The highest BCUT2D eigenvalue weighted by molar-refractivity contribution is 7.16. The number of nitrogens with one attached hydrogen (secondary N) is 1. The van der Waals surface area contributed by atoms with Crippen LogP contribution < -0.4 is 5.32 Å². The fraction of sp³-hybridized carbons (Fsp3) is 0.174. The van der Waals surface area contributed by atoms with E-state index in [-0.39, 0.29) is 12.5 Å². The van der Waals surface area contributed by atoms with Gasteiger partial charge in [0.25, 0.3) is 0 Å². The smallest absolute Gasteiger partial charge is 0.410 e. The van der Waals surface area contributed by atoms with Gasteiger partial charge in [0.1, 0.15) is 17.7 Å². The first-order chi connectivity index (χ1) is 15.6. The lowest BCUT2D eigenvalue weighted by Crippen LogP contribution is -2.35. The molecule has 1 aliphatic heterocycles. The largest absolute Gasteiger partial charge is 0.443 e. The molecular weight excluding hydrogens is 426 g/mol. The van der Waals surface area contributed by atoms with Crippen molar-refractivity contribution in [3.05, 3.63) is 82.3 Å². The summed E-state index contributed by atoms with van der Waals surface area (Å²) >= 11 is 1.31. The minimum atomic E-state index is -0.432. The van der Waals surface area contributed by atoms with Crippen LogP contribution in [-0.4, -0.2) is 33.4 Å². The quantitative estimate of drug-likeness (QED) is 0.599. The lowest BCUT2D eigenvalue weighted by Gasteiger charge is -2.26. The zero-order valence-electron chi connectivity index (χ0n) is 17.0. The van der Waals surface area contributed by atoms with Gasteiger partial charge in [-0.15, -0.1) is 11.3 Å². The van der Waals surface area contributed by atoms with Gasteiger partial charge in [0, 0.05) is 36.1 Å². The van der Waals surface area contributed by atoms with E-state index in [1.165, 1.54) is 17.4 Å². The van der Waals surface area contributed by atoms with E-state index in [9.17, 15) is 14.9 Å². The third-order valence-corrected chi connectivity index (χ3v) is 5.98. The second-order valence-electron chi connectivity index (χ2n) is 6.98. The zero-order chi connectivity index (χ0) is 22.3. The summed E-state index contributed by atoms with van der Waals surface area (Å²) in [7, 11) is 0. The standard InChI is InChI=1S/C23H19N5O3S/c24-12-19-18-8-11-28(23(30)31-15-17-5-1-2-10-26-17)14-20(18)32-22(19)27-21(29)7-6-16-4-3-9-25-13-16/h1-7,9-10,13H,8,11,14-15H2,(H,27,29). The van der Waals surface area contributed by atoms with Gasteiger partial charge in [0.2, 0.25) is 5.91 Å². The number of hydrogen-bond acceptors (Lipinski definition) is 7. The highest BCUT2D eigenvalue weighted by atomic mass is 32.1. The molecule has 4 rings (SSSR count). The summed E-state index contributed by atoms with van der Waals surface area (Å²) in [5.41, 5.74) is 2.80. The monoisotopic (exact) mass is 445 g/mol. The maximum absolute atomic E-state index is 12.5. The van der Waals surface area contributed by atoms with Gasteiger partial charge in [0.15, 0.2) is 0 Å². The number of hydrogen-bond donors (Lipinski definition) is 1. The number of pyridine rings is 2. The molecule has 8 nitrogen and oxygen atoms in total. The summed E-state index contributed by atoms with van der Waals surface area (Å²) in [4.78, 5) is 35.4. The number of rotatable bonds is 5. The van der Waals surface area contributed by atoms with Crippen molar-refractivity contribution in [2.24, 2.45) is 0 Å². The van der Waals surface area contributed by atoms with Crippen molar-refractivity contribution in [3.63, 3.8) is 0 Å². The van der Waals surface area contributed by atoms with Crippen molar-refractivity contribution in [2.45, 2.75) is 19.6 Å². The summed E-state index contributed by atoms with van der Waals surface area (Å²) in [6.45, 7) is 0.867. The van der Waals surface area contributed by atoms with E-state index in [2.05, 4.69) is 21.4 Å². The molecule has 0 aliphatic carbocycles. The molecule has 3 aromatic rings. The molecule has 160 valence electrons. The maximum Gasteiger partial charge on any atom is 0.410 e. The Balaban J connectivity index is 1.41. The number of nitrogens with zero attached hydrogens (tertiary/aromatic N) is 4. The highest BCUT2D eigenvalue weighted by Crippen LogP contribution is 2.36. The van der Waals surface area contributed by atoms with Crippen LogP contribution >= 0.6 is 11.3 Å². The molecule has 0 aromatic carbocycles. The molecule has 3 aromatic heterocycles. The van der Waals surface area contributed by atoms with E-state index >= 15 is 0 Å². The Kier molecular flexibility index (Phi) is 6.53. The third kappa shape index (κ3) is 4.99. The predicted molar refractivity (Wildman–Crippen MR) is 119 cm³/mol. The number of fused-ring (bicyclic) bond motifs is 1. The van der Waals surface area contributed by atoms with Gasteiger partial charge in [0.05, 0.1) is 17.8 Å². The van der Waals surface area contributed by atoms with Crippen LogP contribution in [0.2, 0.25) is 0 Å². The van der Waals surface area contributed by atoms with Gasteiger partial charge < -0.3 is 15.0 Å². The molecule has 0 unspecified atom stereocenters. The van der Waals surface area contributed by atoms with Crippen molar-refractivity contribution in [2.75, 3.05) is 11.9 Å². The molecule has 0 fully saturated rings. The molecule has 2 amide bonds. The van der Waals surface area contributed by atoms with Crippen molar-refractivity contribution < 1.29 is 14.3 Å². The summed E-state index contributed by atoms with van der Waals surface area (Å²) in [5.74, 6) is -0.337. The van der Waals surface area contributed by atoms with E-state index in [1.54, 1.807) is 47.8 Å². The second kappa shape index (κ2) is 9.85. The Morgan fingerprint density at radius 2 is 2.19 bits per heavy atom. The van der Waals surface area contributed by atoms with Gasteiger partial charge in [-0.1, -0.05) is 12.1 Å². The van der Waals surface area contributed by atoms with Crippen molar-refractivity contribution >= 4 is 34.4 Å². The first kappa shape index (κ1) is 21.2. The summed E-state index contributed by atoms with van der Waals surface area (Å²) < 4.78 is 5.36. The SMILES string of the molecule is N#Cc1c(NC(=O)C=Cc2cccnc2)sc2c1CCN(C(=O)OCc1ccccn1)C2. The molecule has 32 heavy (non-hydrogen) atoms. The number of carbonyl (C=O) groups is 2. The Labute approximate surface area is 188 Å². The van der Waals surface area contributed by atoms with E-state index in [4.69, 9.17) is 4.74 Å². The number of anilines is 1. The average Bonchev–Trinajstić information content (AvgIpc) is 3.18. The minimum Gasteiger partial charge on any atom is -0.443 e. The molecule has 0 bridgehead atoms. The Hall–Kier alpha value is -4.03. The van der Waals surface area contributed by atoms with Gasteiger partial charge in [-0.3, -0.25) is 14.8 Å². The Morgan fingerprint density at radius 3 is 2.94 bits per heavy atom. The van der Waals surface area contributed by atoms with E-state index in [1.807, 2.05) is 12.1 Å². The fourth-order valence-corrected chi connectivity index (χ4v) is 4.49. The number of amides is 2. The van der Waals surface area contributed by atoms with Crippen LogP contribution in [0.3, 0.4) is 0 Å². The van der Waals surface area contributed by atoms with Crippen molar-refractivity contribution in [1.82, 2.24) is 14.9 Å². The number of carbonyl (C=O) groups excluding carboxylic acids is 2. The highest BCUT2D eigenvalue weighted by Gasteiger charge is 2.28. The topological polar surface area (TPSA) is 108 Å². The molecule has 0 atom stereocenters. The van der Waals surface area contributed by atoms with Crippen molar-refractivity contribution in [3.8, 4) is 6.07 Å². The molecule has 9 heteroatoms. The number of aromatic nitrogens is 2. The van der Waals surface area contributed by atoms with Crippen molar-refractivity contribution in [1.29, 1.82) is 5.26 Å². The fourth-order valence-electron chi connectivity index (χ4n) is 3.28. The first-order valence-corrected chi connectivity index (χ1v) is 10.7. The molecule has 0 radical (unpaired) electrons. The molecule has 4 heterocycles. The molecule has 1 aliphatic rings. The third-order valence-electron chi connectivity index (χ3n) is 4.84. The van der Waals surface area contributed by atoms with Crippen LogP contribution in [0.4, 0.5) is 9.80 Å². The van der Waals surface area contributed by atoms with Crippen LogP contribution in [-0.2, 0) is 29.1 Å².